The monoisotopic (exact) mass is 333 g/mol. The highest BCUT2D eigenvalue weighted by atomic mass is 32.2. The van der Waals surface area contributed by atoms with Crippen LogP contribution in [0.1, 0.15) is 26.2 Å². The number of nitrogen functional groups attached to an aromatic ring is 1. The number of aromatic nitrogens is 1. The molecule has 0 bridgehead atoms. The van der Waals surface area contributed by atoms with Gasteiger partial charge in [-0.3, -0.25) is 0 Å². The molecule has 2 rings (SSSR count). The van der Waals surface area contributed by atoms with E-state index in [1.54, 1.807) is 7.11 Å². The van der Waals surface area contributed by atoms with Crippen LogP contribution in [0.5, 0.6) is 0 Å². The van der Waals surface area contributed by atoms with Crippen LogP contribution in [0.3, 0.4) is 0 Å². The zero-order valence-electron chi connectivity index (χ0n) is 12.5. The molecule has 0 spiro atoms. The summed E-state index contributed by atoms with van der Waals surface area (Å²) >= 11 is 1.19. The summed E-state index contributed by atoms with van der Waals surface area (Å²) in [6.07, 6.45) is 2.71. The molecule has 1 saturated heterocycles. The van der Waals surface area contributed by atoms with Crippen molar-refractivity contribution in [3.8, 4) is 0 Å². The second kappa shape index (κ2) is 6.93. The molecule has 21 heavy (non-hydrogen) atoms. The van der Waals surface area contributed by atoms with Gasteiger partial charge in [-0.15, -0.1) is 0 Å². The Morgan fingerprint density at radius 2 is 2.29 bits per heavy atom. The smallest absolute Gasteiger partial charge is 0.185 e. The SMILES string of the molecule is CCCS(=O)(=O)c1c(N)nsc1N1CCCC(COC)C1. The molecule has 6 nitrogen and oxygen atoms in total. The second-order valence-electron chi connectivity index (χ2n) is 5.43. The van der Waals surface area contributed by atoms with Gasteiger partial charge in [0.25, 0.3) is 0 Å². The number of sulfone groups is 1. The van der Waals surface area contributed by atoms with Crippen molar-refractivity contribution >= 4 is 32.2 Å². The van der Waals surface area contributed by atoms with E-state index in [9.17, 15) is 8.42 Å². The molecule has 0 radical (unpaired) electrons. The molecule has 0 saturated carbocycles. The number of hydrogen-bond donors (Lipinski definition) is 1. The quantitative estimate of drug-likeness (QED) is 0.854. The Bertz CT molecular complexity index is 569. The second-order valence-corrected chi connectivity index (χ2v) is 8.23. The van der Waals surface area contributed by atoms with Gasteiger partial charge < -0.3 is 15.4 Å². The summed E-state index contributed by atoms with van der Waals surface area (Å²) < 4.78 is 34.1. The van der Waals surface area contributed by atoms with Crippen LogP contribution in [0, 0.1) is 5.92 Å². The summed E-state index contributed by atoms with van der Waals surface area (Å²) in [7, 11) is -1.66. The van der Waals surface area contributed by atoms with Gasteiger partial charge in [0.2, 0.25) is 0 Å². The molecule has 2 heterocycles. The molecule has 0 amide bonds. The maximum absolute atomic E-state index is 12.4. The largest absolute Gasteiger partial charge is 0.384 e. The van der Waals surface area contributed by atoms with Crippen LogP contribution < -0.4 is 10.6 Å². The Morgan fingerprint density at radius 1 is 1.52 bits per heavy atom. The van der Waals surface area contributed by atoms with Crippen molar-refractivity contribution in [3.05, 3.63) is 0 Å². The van der Waals surface area contributed by atoms with Crippen molar-refractivity contribution in [1.82, 2.24) is 4.37 Å². The Balaban J connectivity index is 2.28. The minimum atomic E-state index is -3.36. The van der Waals surface area contributed by atoms with E-state index in [-0.39, 0.29) is 16.5 Å². The molecule has 1 aliphatic rings. The van der Waals surface area contributed by atoms with Crippen molar-refractivity contribution in [2.75, 3.05) is 43.2 Å². The highest BCUT2D eigenvalue weighted by Gasteiger charge is 2.30. The van der Waals surface area contributed by atoms with Crippen molar-refractivity contribution in [2.45, 2.75) is 31.1 Å². The van der Waals surface area contributed by atoms with Crippen LogP contribution in [0.15, 0.2) is 4.90 Å². The van der Waals surface area contributed by atoms with E-state index in [1.807, 2.05) is 6.92 Å². The Hall–Kier alpha value is -0.860. The van der Waals surface area contributed by atoms with E-state index < -0.39 is 9.84 Å². The summed E-state index contributed by atoms with van der Waals surface area (Å²) in [5.74, 6) is 0.670. The van der Waals surface area contributed by atoms with Crippen LogP contribution in [0.25, 0.3) is 0 Å². The molecule has 1 aliphatic heterocycles. The van der Waals surface area contributed by atoms with E-state index in [0.717, 1.165) is 25.9 Å². The van der Waals surface area contributed by atoms with Gasteiger partial charge >= 0.3 is 0 Å². The lowest BCUT2D eigenvalue weighted by Crippen LogP contribution is -2.37. The van der Waals surface area contributed by atoms with E-state index in [2.05, 4.69) is 9.27 Å². The first kappa shape index (κ1) is 16.5. The van der Waals surface area contributed by atoms with E-state index in [0.29, 0.717) is 23.9 Å². The van der Waals surface area contributed by atoms with Crippen LogP contribution in [-0.2, 0) is 14.6 Å². The summed E-state index contributed by atoms with van der Waals surface area (Å²) in [5, 5.41) is 0.696. The zero-order chi connectivity index (χ0) is 15.5. The Labute approximate surface area is 130 Å². The van der Waals surface area contributed by atoms with Gasteiger partial charge in [-0.25, -0.2) is 8.42 Å². The lowest BCUT2D eigenvalue weighted by Gasteiger charge is -2.33. The number of piperidine rings is 1. The lowest BCUT2D eigenvalue weighted by molar-refractivity contribution is 0.143. The number of rotatable bonds is 6. The Morgan fingerprint density at radius 3 is 2.95 bits per heavy atom. The molecule has 2 N–H and O–H groups in total. The molecule has 1 fully saturated rings. The third-order valence-electron chi connectivity index (χ3n) is 3.65. The van der Waals surface area contributed by atoms with E-state index in [4.69, 9.17) is 10.5 Å². The molecule has 1 aromatic rings. The molecular formula is C13H23N3O3S2. The maximum atomic E-state index is 12.4. The third-order valence-corrected chi connectivity index (χ3v) is 6.67. The predicted octanol–water partition coefficient (Wildman–Crippen LogP) is 1.77. The topological polar surface area (TPSA) is 85.5 Å². The summed E-state index contributed by atoms with van der Waals surface area (Å²) in [6, 6.07) is 0. The minimum Gasteiger partial charge on any atom is -0.384 e. The fourth-order valence-corrected chi connectivity index (χ4v) is 5.57. The molecule has 1 atom stereocenters. The number of methoxy groups -OCH3 is 1. The van der Waals surface area contributed by atoms with Gasteiger partial charge in [0, 0.05) is 20.2 Å². The first-order valence-corrected chi connectivity index (χ1v) is 9.64. The first-order chi connectivity index (χ1) is 9.99. The zero-order valence-corrected chi connectivity index (χ0v) is 14.2. The molecule has 0 aliphatic carbocycles. The van der Waals surface area contributed by atoms with Crippen LogP contribution >= 0.6 is 11.5 Å². The van der Waals surface area contributed by atoms with Crippen molar-refractivity contribution < 1.29 is 13.2 Å². The minimum absolute atomic E-state index is 0.109. The maximum Gasteiger partial charge on any atom is 0.185 e. The average Bonchev–Trinajstić information content (AvgIpc) is 2.82. The molecule has 1 aromatic heterocycles. The summed E-state index contributed by atoms with van der Waals surface area (Å²) in [6.45, 7) is 4.19. The Kier molecular flexibility index (Phi) is 5.45. The molecule has 8 heteroatoms. The molecular weight excluding hydrogens is 310 g/mol. The molecule has 0 aromatic carbocycles. The normalized spacial score (nSPS) is 19.9. The number of ether oxygens (including phenoxy) is 1. The number of nitrogens with two attached hydrogens (primary N) is 1. The standard InChI is InChI=1S/C13H23N3O3S2/c1-3-7-21(17,18)11-12(14)15-20-13(11)16-6-4-5-10(8-16)9-19-2/h10H,3-9H2,1-2H3,(H2,14,15). The molecule has 1 unspecified atom stereocenters. The van der Waals surface area contributed by atoms with Gasteiger partial charge in [0.1, 0.15) is 9.90 Å². The highest BCUT2D eigenvalue weighted by molar-refractivity contribution is 7.91. The number of nitrogens with zero attached hydrogens (tertiary/aromatic N) is 2. The predicted molar refractivity (Wildman–Crippen MR) is 85.7 cm³/mol. The van der Waals surface area contributed by atoms with E-state index >= 15 is 0 Å². The van der Waals surface area contributed by atoms with Crippen LogP contribution in [-0.4, -0.2) is 45.4 Å². The van der Waals surface area contributed by atoms with Gasteiger partial charge in [-0.2, -0.15) is 4.37 Å². The van der Waals surface area contributed by atoms with Gasteiger partial charge in [-0.05, 0) is 36.7 Å². The number of anilines is 2. The first-order valence-electron chi connectivity index (χ1n) is 7.21. The summed E-state index contributed by atoms with van der Waals surface area (Å²) in [5.41, 5.74) is 5.83. The summed E-state index contributed by atoms with van der Waals surface area (Å²) in [4.78, 5) is 2.33. The number of hydrogen-bond acceptors (Lipinski definition) is 7. The highest BCUT2D eigenvalue weighted by Crippen LogP contribution is 2.37. The lowest BCUT2D eigenvalue weighted by atomic mass is 9.99. The average molecular weight is 333 g/mol. The van der Waals surface area contributed by atoms with Crippen molar-refractivity contribution in [2.24, 2.45) is 5.92 Å². The van der Waals surface area contributed by atoms with Crippen molar-refractivity contribution in [1.29, 1.82) is 0 Å². The van der Waals surface area contributed by atoms with Gasteiger partial charge in [0.15, 0.2) is 15.7 Å². The fraction of sp³-hybridized carbons (Fsp3) is 0.769. The third kappa shape index (κ3) is 3.67. The van der Waals surface area contributed by atoms with Crippen LogP contribution in [0.4, 0.5) is 10.8 Å². The molecule has 120 valence electrons. The van der Waals surface area contributed by atoms with E-state index in [1.165, 1.54) is 11.5 Å². The fourth-order valence-electron chi connectivity index (χ4n) is 2.77. The van der Waals surface area contributed by atoms with Gasteiger partial charge in [0.05, 0.1) is 12.4 Å². The van der Waals surface area contributed by atoms with Crippen LogP contribution in [0.2, 0.25) is 0 Å². The van der Waals surface area contributed by atoms with Gasteiger partial charge in [-0.1, -0.05) is 6.92 Å². The van der Waals surface area contributed by atoms with Crippen molar-refractivity contribution in [3.63, 3.8) is 0 Å².